The van der Waals surface area contributed by atoms with Crippen molar-refractivity contribution in [3.05, 3.63) is 21.9 Å². The van der Waals surface area contributed by atoms with E-state index < -0.39 is 6.10 Å². The molecule has 1 heterocycles. The van der Waals surface area contributed by atoms with Gasteiger partial charge in [0.1, 0.15) is 0 Å². The minimum absolute atomic E-state index is 0.184. The summed E-state index contributed by atoms with van der Waals surface area (Å²) in [5.41, 5.74) is 1.27. The Morgan fingerprint density at radius 1 is 1.62 bits per heavy atom. The number of aliphatic hydroxyl groups is 2. The van der Waals surface area contributed by atoms with E-state index in [1.165, 1.54) is 10.4 Å². The second kappa shape index (κ2) is 5.34. The maximum Gasteiger partial charge on any atom is 0.0895 e. The van der Waals surface area contributed by atoms with E-state index in [1.54, 1.807) is 11.3 Å². The summed E-state index contributed by atoms with van der Waals surface area (Å²) in [5.74, 6) is 0. The van der Waals surface area contributed by atoms with E-state index in [4.69, 9.17) is 10.2 Å². The number of hydrogen-bond acceptors (Lipinski definition) is 4. The van der Waals surface area contributed by atoms with Gasteiger partial charge in [-0.15, -0.1) is 11.3 Å². The lowest BCUT2D eigenvalue weighted by Gasteiger charge is -2.07. The Hall–Kier alpha value is -0.420. The lowest BCUT2D eigenvalue weighted by Crippen LogP contribution is -2.28. The van der Waals surface area contributed by atoms with Crippen molar-refractivity contribution in [2.45, 2.75) is 19.6 Å². The van der Waals surface area contributed by atoms with Crippen molar-refractivity contribution in [3.8, 4) is 0 Å². The molecule has 0 saturated heterocycles. The quantitative estimate of drug-likeness (QED) is 0.650. The summed E-state index contributed by atoms with van der Waals surface area (Å²) in [6.45, 7) is 3.08. The van der Waals surface area contributed by atoms with Gasteiger partial charge in [-0.2, -0.15) is 0 Å². The highest BCUT2D eigenvalue weighted by Crippen LogP contribution is 2.14. The van der Waals surface area contributed by atoms with Gasteiger partial charge >= 0.3 is 0 Å². The second-order valence-electron chi connectivity index (χ2n) is 2.99. The van der Waals surface area contributed by atoms with Crippen LogP contribution >= 0.6 is 11.3 Å². The van der Waals surface area contributed by atoms with Gasteiger partial charge in [-0.25, -0.2) is 0 Å². The summed E-state index contributed by atoms with van der Waals surface area (Å²) in [6, 6.07) is 2.07. The molecule has 0 radical (unpaired) electrons. The predicted octanol–water partition coefficient (Wildman–Crippen LogP) is 0.499. The van der Waals surface area contributed by atoms with Crippen molar-refractivity contribution in [3.63, 3.8) is 0 Å². The molecule has 4 heteroatoms. The fourth-order valence-corrected chi connectivity index (χ4v) is 1.88. The standard InChI is InChI=1S/C9H15NO2S/c1-7-2-3-13-9(7)5-10-4-8(12)6-11/h2-3,8,10-12H,4-6H2,1H3/t8-/m1/s1. The molecule has 0 unspecified atom stereocenters. The first-order valence-electron chi connectivity index (χ1n) is 4.26. The van der Waals surface area contributed by atoms with E-state index >= 15 is 0 Å². The van der Waals surface area contributed by atoms with Crippen LogP contribution in [0.25, 0.3) is 0 Å². The summed E-state index contributed by atoms with van der Waals surface area (Å²) < 4.78 is 0. The van der Waals surface area contributed by atoms with Crippen molar-refractivity contribution < 1.29 is 10.2 Å². The van der Waals surface area contributed by atoms with Crippen LogP contribution in [0.3, 0.4) is 0 Å². The molecule has 1 atom stereocenters. The lowest BCUT2D eigenvalue weighted by atomic mass is 10.3. The van der Waals surface area contributed by atoms with Gasteiger partial charge in [0, 0.05) is 18.0 Å². The molecule has 1 rings (SSSR count). The molecule has 13 heavy (non-hydrogen) atoms. The van der Waals surface area contributed by atoms with Gasteiger partial charge in [0.15, 0.2) is 0 Å². The zero-order valence-electron chi connectivity index (χ0n) is 7.66. The molecule has 0 aliphatic rings. The van der Waals surface area contributed by atoms with E-state index in [0.29, 0.717) is 6.54 Å². The fraction of sp³-hybridized carbons (Fsp3) is 0.556. The van der Waals surface area contributed by atoms with Crippen molar-refractivity contribution in [2.75, 3.05) is 13.2 Å². The summed E-state index contributed by atoms with van der Waals surface area (Å²) in [4.78, 5) is 1.28. The van der Waals surface area contributed by atoms with Crippen LogP contribution in [0.5, 0.6) is 0 Å². The van der Waals surface area contributed by atoms with Gasteiger partial charge < -0.3 is 15.5 Å². The third-order valence-corrected chi connectivity index (χ3v) is 2.87. The van der Waals surface area contributed by atoms with E-state index in [9.17, 15) is 0 Å². The van der Waals surface area contributed by atoms with Gasteiger partial charge in [0.05, 0.1) is 12.7 Å². The first-order chi connectivity index (χ1) is 6.24. The molecule has 1 aromatic rings. The molecule has 0 amide bonds. The van der Waals surface area contributed by atoms with E-state index in [0.717, 1.165) is 6.54 Å². The van der Waals surface area contributed by atoms with E-state index in [1.807, 2.05) is 0 Å². The van der Waals surface area contributed by atoms with Crippen LogP contribution in [0, 0.1) is 6.92 Å². The van der Waals surface area contributed by atoms with Crippen molar-refractivity contribution in [1.82, 2.24) is 5.32 Å². The molecular weight excluding hydrogens is 186 g/mol. The minimum Gasteiger partial charge on any atom is -0.394 e. The van der Waals surface area contributed by atoms with E-state index in [2.05, 4.69) is 23.7 Å². The predicted molar refractivity (Wildman–Crippen MR) is 53.9 cm³/mol. The Morgan fingerprint density at radius 2 is 2.38 bits per heavy atom. The molecule has 74 valence electrons. The molecule has 0 aromatic carbocycles. The fourth-order valence-electron chi connectivity index (χ4n) is 1.00. The largest absolute Gasteiger partial charge is 0.394 e. The summed E-state index contributed by atoms with van der Waals surface area (Å²) in [6.07, 6.45) is -0.653. The average Bonchev–Trinajstić information content (AvgIpc) is 2.52. The van der Waals surface area contributed by atoms with Crippen molar-refractivity contribution in [2.24, 2.45) is 0 Å². The monoisotopic (exact) mass is 201 g/mol. The van der Waals surface area contributed by atoms with Gasteiger partial charge in [0.2, 0.25) is 0 Å². The van der Waals surface area contributed by atoms with Crippen LogP contribution in [0.15, 0.2) is 11.4 Å². The normalized spacial score (nSPS) is 13.2. The Balaban J connectivity index is 2.24. The molecule has 3 N–H and O–H groups in total. The van der Waals surface area contributed by atoms with Crippen LogP contribution in [0.4, 0.5) is 0 Å². The highest BCUT2D eigenvalue weighted by atomic mass is 32.1. The number of hydrogen-bond donors (Lipinski definition) is 3. The smallest absolute Gasteiger partial charge is 0.0895 e. The Labute approximate surface area is 82.0 Å². The molecule has 0 fully saturated rings. The number of thiophene rings is 1. The van der Waals surface area contributed by atoms with Crippen LogP contribution in [-0.2, 0) is 6.54 Å². The van der Waals surface area contributed by atoms with Crippen molar-refractivity contribution in [1.29, 1.82) is 0 Å². The molecule has 0 aliphatic heterocycles. The van der Waals surface area contributed by atoms with E-state index in [-0.39, 0.29) is 6.61 Å². The Bertz CT molecular complexity index is 250. The SMILES string of the molecule is Cc1ccsc1CNC[C@@H](O)CO. The first-order valence-corrected chi connectivity index (χ1v) is 5.14. The molecular formula is C9H15NO2S. The highest BCUT2D eigenvalue weighted by molar-refractivity contribution is 7.10. The van der Waals surface area contributed by atoms with Crippen LogP contribution in [0.2, 0.25) is 0 Å². The molecule has 3 nitrogen and oxygen atoms in total. The van der Waals surface area contributed by atoms with Crippen LogP contribution < -0.4 is 5.32 Å². The highest BCUT2D eigenvalue weighted by Gasteiger charge is 2.02. The van der Waals surface area contributed by atoms with Crippen LogP contribution in [-0.4, -0.2) is 29.5 Å². The van der Waals surface area contributed by atoms with Crippen LogP contribution in [0.1, 0.15) is 10.4 Å². The number of nitrogens with one attached hydrogen (secondary N) is 1. The summed E-state index contributed by atoms with van der Waals surface area (Å²) >= 11 is 1.70. The minimum atomic E-state index is -0.653. The Kier molecular flexibility index (Phi) is 4.38. The maximum atomic E-state index is 9.05. The Morgan fingerprint density at radius 3 is 2.92 bits per heavy atom. The summed E-state index contributed by atoms with van der Waals surface area (Å²) in [5, 5.41) is 22.7. The number of aryl methyl sites for hydroxylation is 1. The third-order valence-electron chi connectivity index (χ3n) is 1.84. The second-order valence-corrected chi connectivity index (χ2v) is 3.99. The van der Waals surface area contributed by atoms with Crippen molar-refractivity contribution >= 4 is 11.3 Å². The molecule has 0 bridgehead atoms. The zero-order chi connectivity index (χ0) is 9.68. The number of rotatable bonds is 5. The van der Waals surface area contributed by atoms with Gasteiger partial charge in [-0.1, -0.05) is 0 Å². The topological polar surface area (TPSA) is 52.5 Å². The molecule has 0 aliphatic carbocycles. The first kappa shape index (κ1) is 10.7. The van der Waals surface area contributed by atoms with Gasteiger partial charge in [0.25, 0.3) is 0 Å². The molecule has 0 saturated carbocycles. The molecule has 0 spiro atoms. The van der Waals surface area contributed by atoms with Gasteiger partial charge in [-0.05, 0) is 23.9 Å². The molecule has 1 aromatic heterocycles. The lowest BCUT2D eigenvalue weighted by molar-refractivity contribution is 0.0943. The maximum absolute atomic E-state index is 9.05. The van der Waals surface area contributed by atoms with Gasteiger partial charge in [-0.3, -0.25) is 0 Å². The zero-order valence-corrected chi connectivity index (χ0v) is 8.47. The average molecular weight is 201 g/mol. The summed E-state index contributed by atoms with van der Waals surface area (Å²) in [7, 11) is 0. The third kappa shape index (κ3) is 3.44. The number of aliphatic hydroxyl groups excluding tert-OH is 2.